The second kappa shape index (κ2) is 5.68. The maximum absolute atomic E-state index is 10.9. The third-order valence-corrected chi connectivity index (χ3v) is 4.71. The number of fused-ring (bicyclic) bond motifs is 2. The van der Waals surface area contributed by atoms with Gasteiger partial charge in [-0.25, -0.2) is 9.78 Å². The SMILES string of the molecule is C[C@H]1OC2(CC[C@H](COC(N)=O)c3ccnc(Cl)c32)O[C@@H]1C. The first-order valence-corrected chi connectivity index (χ1v) is 7.73. The van der Waals surface area contributed by atoms with Gasteiger partial charge in [0.15, 0.2) is 5.79 Å². The fraction of sp³-hybridized carbons (Fsp3) is 0.600. The highest BCUT2D eigenvalue weighted by Gasteiger charge is 2.51. The van der Waals surface area contributed by atoms with Crippen molar-refractivity contribution in [3.05, 3.63) is 28.5 Å². The molecule has 22 heavy (non-hydrogen) atoms. The number of nitrogens with two attached hydrogens (primary N) is 1. The molecule has 2 N–H and O–H groups in total. The molecule has 2 heterocycles. The van der Waals surface area contributed by atoms with E-state index < -0.39 is 11.9 Å². The fourth-order valence-electron chi connectivity index (χ4n) is 3.22. The lowest BCUT2D eigenvalue weighted by Gasteiger charge is -2.38. The Morgan fingerprint density at radius 2 is 2.18 bits per heavy atom. The number of carbonyl (C=O) groups excluding carboxylic acids is 1. The summed E-state index contributed by atoms with van der Waals surface area (Å²) in [6.45, 7) is 4.17. The molecule has 0 aromatic carbocycles. The summed E-state index contributed by atoms with van der Waals surface area (Å²) >= 11 is 6.33. The first kappa shape index (κ1) is 15.5. The van der Waals surface area contributed by atoms with Crippen LogP contribution in [-0.4, -0.2) is 29.9 Å². The number of ether oxygens (including phenoxy) is 3. The smallest absolute Gasteiger partial charge is 0.404 e. The van der Waals surface area contributed by atoms with E-state index in [0.717, 1.165) is 17.5 Å². The molecule has 0 radical (unpaired) electrons. The number of nitrogens with zero attached hydrogens (tertiary/aromatic N) is 1. The maximum atomic E-state index is 10.9. The average molecular weight is 327 g/mol. The quantitative estimate of drug-likeness (QED) is 0.845. The van der Waals surface area contributed by atoms with Crippen LogP contribution in [0.25, 0.3) is 0 Å². The molecule has 120 valence electrons. The van der Waals surface area contributed by atoms with Gasteiger partial charge in [0, 0.05) is 18.5 Å². The minimum atomic E-state index is -0.858. The van der Waals surface area contributed by atoms with Gasteiger partial charge in [0.25, 0.3) is 0 Å². The molecular weight excluding hydrogens is 308 g/mol. The van der Waals surface area contributed by atoms with Crippen molar-refractivity contribution in [3.8, 4) is 0 Å². The van der Waals surface area contributed by atoms with E-state index >= 15 is 0 Å². The molecule has 1 amide bonds. The largest absolute Gasteiger partial charge is 0.449 e. The summed E-state index contributed by atoms with van der Waals surface area (Å²) in [5.41, 5.74) is 6.75. The van der Waals surface area contributed by atoms with Crippen molar-refractivity contribution in [1.29, 1.82) is 0 Å². The van der Waals surface area contributed by atoms with Crippen LogP contribution in [0.1, 0.15) is 43.7 Å². The summed E-state index contributed by atoms with van der Waals surface area (Å²) in [6, 6.07) is 1.87. The number of primary amides is 1. The molecule has 3 atom stereocenters. The van der Waals surface area contributed by atoms with Crippen molar-refractivity contribution in [1.82, 2.24) is 4.98 Å². The topological polar surface area (TPSA) is 83.7 Å². The minimum Gasteiger partial charge on any atom is -0.449 e. The highest BCUT2D eigenvalue weighted by molar-refractivity contribution is 6.30. The molecule has 1 aromatic rings. The molecule has 0 saturated carbocycles. The Hall–Kier alpha value is -1.37. The number of halogens is 1. The molecule has 1 fully saturated rings. The van der Waals surface area contributed by atoms with Crippen molar-refractivity contribution >= 4 is 17.7 Å². The standard InChI is InChI=1S/C15H19ClN2O4/c1-8-9(2)22-15(21-8)5-3-10(7-20-14(17)19)11-4-6-18-13(16)12(11)15/h4,6,8-10H,3,5,7H2,1-2H3,(H2,17,19)/t8-,9-,10-/m1/s1. The first-order chi connectivity index (χ1) is 10.4. The Balaban J connectivity index is 1.98. The monoisotopic (exact) mass is 326 g/mol. The van der Waals surface area contributed by atoms with Crippen LogP contribution in [0, 0.1) is 0 Å². The van der Waals surface area contributed by atoms with Gasteiger partial charge in [-0.05, 0) is 31.9 Å². The van der Waals surface area contributed by atoms with Crippen molar-refractivity contribution in [2.75, 3.05) is 6.61 Å². The van der Waals surface area contributed by atoms with Gasteiger partial charge in [-0.15, -0.1) is 0 Å². The molecule has 3 rings (SSSR count). The Morgan fingerprint density at radius 3 is 2.82 bits per heavy atom. The van der Waals surface area contributed by atoms with Gasteiger partial charge in [-0.1, -0.05) is 11.6 Å². The number of aromatic nitrogens is 1. The molecule has 6 nitrogen and oxygen atoms in total. The highest BCUT2D eigenvalue weighted by Crippen LogP contribution is 2.51. The molecule has 0 bridgehead atoms. The predicted molar refractivity (Wildman–Crippen MR) is 79.5 cm³/mol. The van der Waals surface area contributed by atoms with E-state index in [2.05, 4.69) is 4.98 Å². The summed E-state index contributed by atoms with van der Waals surface area (Å²) in [4.78, 5) is 15.0. The molecule has 1 saturated heterocycles. The molecule has 7 heteroatoms. The van der Waals surface area contributed by atoms with Crippen LogP contribution in [0.15, 0.2) is 12.3 Å². The predicted octanol–water partition coefficient (Wildman–Crippen LogP) is 2.68. The van der Waals surface area contributed by atoms with Crippen LogP contribution >= 0.6 is 11.6 Å². The zero-order chi connectivity index (χ0) is 15.9. The van der Waals surface area contributed by atoms with Crippen LogP contribution in [0.3, 0.4) is 0 Å². The van der Waals surface area contributed by atoms with Crippen LogP contribution in [-0.2, 0) is 20.0 Å². The third kappa shape index (κ3) is 2.55. The van der Waals surface area contributed by atoms with Crippen LogP contribution < -0.4 is 5.73 Å². The summed E-state index contributed by atoms with van der Waals surface area (Å²) in [5, 5.41) is 0.363. The maximum Gasteiger partial charge on any atom is 0.404 e. The Bertz CT molecular complexity index is 585. The van der Waals surface area contributed by atoms with E-state index in [4.69, 9.17) is 31.5 Å². The lowest BCUT2D eigenvalue weighted by Crippen LogP contribution is -2.36. The van der Waals surface area contributed by atoms with Gasteiger partial charge < -0.3 is 19.9 Å². The molecule has 1 aliphatic heterocycles. The lowest BCUT2D eigenvalue weighted by atomic mass is 9.80. The van der Waals surface area contributed by atoms with Gasteiger partial charge in [0.1, 0.15) is 11.8 Å². The summed E-state index contributed by atoms with van der Waals surface area (Å²) in [5.74, 6) is -0.852. The van der Waals surface area contributed by atoms with E-state index in [1.807, 2.05) is 19.9 Å². The molecule has 1 spiro atoms. The zero-order valence-corrected chi connectivity index (χ0v) is 13.3. The second-order valence-electron chi connectivity index (χ2n) is 5.83. The third-order valence-electron chi connectivity index (χ3n) is 4.42. The van der Waals surface area contributed by atoms with Gasteiger partial charge in [0.05, 0.1) is 17.8 Å². The second-order valence-corrected chi connectivity index (χ2v) is 6.19. The van der Waals surface area contributed by atoms with Crippen molar-refractivity contribution < 1.29 is 19.0 Å². The molecule has 1 aromatic heterocycles. The number of pyridine rings is 1. The van der Waals surface area contributed by atoms with Gasteiger partial charge >= 0.3 is 6.09 Å². The van der Waals surface area contributed by atoms with Crippen LogP contribution in [0.4, 0.5) is 4.79 Å². The highest BCUT2D eigenvalue weighted by atomic mass is 35.5. The molecule has 0 unspecified atom stereocenters. The average Bonchev–Trinajstić information content (AvgIpc) is 2.73. The Morgan fingerprint density at radius 1 is 1.50 bits per heavy atom. The Kier molecular flexibility index (Phi) is 4.01. The van der Waals surface area contributed by atoms with Gasteiger partial charge in [-0.3, -0.25) is 0 Å². The van der Waals surface area contributed by atoms with Crippen molar-refractivity contribution in [2.24, 2.45) is 5.73 Å². The van der Waals surface area contributed by atoms with Gasteiger partial charge in [-0.2, -0.15) is 0 Å². The Labute approximate surface area is 133 Å². The lowest BCUT2D eigenvalue weighted by molar-refractivity contribution is -0.193. The number of amides is 1. The minimum absolute atomic E-state index is 0.00652. The summed E-state index contributed by atoms with van der Waals surface area (Å²) in [6.07, 6.45) is 2.19. The van der Waals surface area contributed by atoms with Crippen LogP contribution in [0.2, 0.25) is 5.15 Å². The van der Waals surface area contributed by atoms with Gasteiger partial charge in [0.2, 0.25) is 0 Å². The molecular formula is C15H19ClN2O4. The number of rotatable bonds is 2. The first-order valence-electron chi connectivity index (χ1n) is 7.35. The van der Waals surface area contributed by atoms with E-state index in [1.165, 1.54) is 0 Å². The zero-order valence-electron chi connectivity index (χ0n) is 12.5. The number of hydrogen-bond donors (Lipinski definition) is 1. The van der Waals surface area contributed by atoms with E-state index in [-0.39, 0.29) is 24.7 Å². The summed E-state index contributed by atoms with van der Waals surface area (Å²) < 4.78 is 17.2. The van der Waals surface area contributed by atoms with Crippen molar-refractivity contribution in [2.45, 2.75) is 50.6 Å². The number of hydrogen-bond acceptors (Lipinski definition) is 5. The van der Waals surface area contributed by atoms with E-state index in [1.54, 1.807) is 6.20 Å². The van der Waals surface area contributed by atoms with E-state index in [0.29, 0.717) is 11.6 Å². The van der Waals surface area contributed by atoms with E-state index in [9.17, 15) is 4.79 Å². The summed E-state index contributed by atoms with van der Waals surface area (Å²) in [7, 11) is 0. The number of carbonyl (C=O) groups is 1. The fourth-order valence-corrected chi connectivity index (χ4v) is 3.53. The normalized spacial score (nSPS) is 29.3. The van der Waals surface area contributed by atoms with Crippen molar-refractivity contribution in [3.63, 3.8) is 0 Å². The van der Waals surface area contributed by atoms with Crippen LogP contribution in [0.5, 0.6) is 0 Å². The molecule has 2 aliphatic rings. The molecule has 1 aliphatic carbocycles.